The molecule has 20 heavy (non-hydrogen) atoms. The second-order valence-corrected chi connectivity index (χ2v) is 5.39. The van der Waals surface area contributed by atoms with Crippen molar-refractivity contribution in [1.82, 2.24) is 4.90 Å². The number of hydrogen-bond acceptors (Lipinski definition) is 3. The van der Waals surface area contributed by atoms with E-state index >= 15 is 0 Å². The van der Waals surface area contributed by atoms with Crippen molar-refractivity contribution < 1.29 is 4.79 Å². The molecular formula is C16H21N3O. The van der Waals surface area contributed by atoms with Gasteiger partial charge in [0.25, 0.3) is 0 Å². The van der Waals surface area contributed by atoms with E-state index in [1.54, 1.807) is 6.07 Å². The normalized spacial score (nSPS) is 16.4. The van der Waals surface area contributed by atoms with Crippen LogP contribution in [0.3, 0.4) is 0 Å². The lowest BCUT2D eigenvalue weighted by atomic mass is 10.1. The number of rotatable bonds is 3. The fraction of sp³-hybridized carbons (Fsp3) is 0.500. The number of nitrogens with zero attached hydrogens (tertiary/aromatic N) is 2. The van der Waals surface area contributed by atoms with Crippen molar-refractivity contribution in [2.75, 3.05) is 18.4 Å². The molecule has 2 rings (SSSR count). The molecule has 0 aromatic heterocycles. The van der Waals surface area contributed by atoms with Crippen molar-refractivity contribution in [2.45, 2.75) is 39.2 Å². The monoisotopic (exact) mass is 271 g/mol. The van der Waals surface area contributed by atoms with Gasteiger partial charge in [-0.15, -0.1) is 0 Å². The number of aryl methyl sites for hydroxylation is 1. The number of nitrogens with one attached hydrogen (secondary N) is 1. The number of hydrogen-bond donors (Lipinski definition) is 1. The van der Waals surface area contributed by atoms with Crippen LogP contribution in [0.15, 0.2) is 18.2 Å². The van der Waals surface area contributed by atoms with Crippen LogP contribution in [0.1, 0.15) is 37.3 Å². The number of nitriles is 1. The third-order valence-corrected chi connectivity index (χ3v) is 3.77. The Kier molecular flexibility index (Phi) is 4.62. The van der Waals surface area contributed by atoms with Gasteiger partial charge in [0.05, 0.1) is 11.6 Å². The molecule has 0 spiro atoms. The zero-order valence-corrected chi connectivity index (χ0v) is 12.1. The Balaban J connectivity index is 2.00. The Morgan fingerprint density at radius 2 is 2.05 bits per heavy atom. The number of benzene rings is 1. The van der Waals surface area contributed by atoms with Gasteiger partial charge >= 0.3 is 0 Å². The molecule has 0 saturated carbocycles. The van der Waals surface area contributed by atoms with Crippen molar-refractivity contribution in [3.8, 4) is 6.07 Å². The average molecular weight is 271 g/mol. The highest BCUT2D eigenvalue weighted by Crippen LogP contribution is 2.17. The summed E-state index contributed by atoms with van der Waals surface area (Å²) in [5.74, 6) is 0.159. The molecule has 0 aliphatic carbocycles. The van der Waals surface area contributed by atoms with Crippen molar-refractivity contribution >= 4 is 11.6 Å². The van der Waals surface area contributed by atoms with Crippen molar-refractivity contribution in [2.24, 2.45) is 0 Å². The highest BCUT2D eigenvalue weighted by molar-refractivity contribution is 5.84. The predicted molar refractivity (Wildman–Crippen MR) is 79.4 cm³/mol. The number of likely N-dealkylation sites (tertiary alicyclic amines) is 1. The zero-order chi connectivity index (χ0) is 14.5. The summed E-state index contributed by atoms with van der Waals surface area (Å²) in [6.45, 7) is 5.54. The molecule has 0 radical (unpaired) electrons. The van der Waals surface area contributed by atoms with Crippen LogP contribution < -0.4 is 5.32 Å². The topological polar surface area (TPSA) is 56.1 Å². The Hall–Kier alpha value is -2.02. The van der Waals surface area contributed by atoms with Gasteiger partial charge < -0.3 is 10.2 Å². The van der Waals surface area contributed by atoms with E-state index < -0.39 is 0 Å². The van der Waals surface area contributed by atoms with Crippen LogP contribution in [0, 0.1) is 18.3 Å². The first-order valence-corrected chi connectivity index (χ1v) is 7.18. The summed E-state index contributed by atoms with van der Waals surface area (Å²) in [4.78, 5) is 14.3. The SMILES string of the molecule is Cc1cc(NC(C)C(=O)N2CCCCC2)ccc1C#N. The number of anilines is 1. The first-order chi connectivity index (χ1) is 9.61. The lowest BCUT2D eigenvalue weighted by molar-refractivity contribution is -0.132. The van der Waals surface area contributed by atoms with Crippen LogP contribution in [0.25, 0.3) is 0 Å². The third-order valence-electron chi connectivity index (χ3n) is 3.77. The van der Waals surface area contributed by atoms with Crippen molar-refractivity contribution in [3.05, 3.63) is 29.3 Å². The first kappa shape index (κ1) is 14.4. The maximum atomic E-state index is 12.3. The van der Waals surface area contributed by atoms with Gasteiger partial charge in [0.1, 0.15) is 6.04 Å². The van der Waals surface area contributed by atoms with Crippen molar-refractivity contribution in [1.29, 1.82) is 5.26 Å². The molecule has 106 valence electrons. The summed E-state index contributed by atoms with van der Waals surface area (Å²) in [6, 6.07) is 7.47. The van der Waals surface area contributed by atoms with Gasteiger partial charge in [0.2, 0.25) is 5.91 Å². The minimum Gasteiger partial charge on any atom is -0.374 e. The molecule has 1 aliphatic heterocycles. The molecule has 1 saturated heterocycles. The predicted octanol–water partition coefficient (Wildman–Crippen LogP) is 2.68. The maximum Gasteiger partial charge on any atom is 0.244 e. The molecule has 1 fully saturated rings. The molecule has 0 bridgehead atoms. The second kappa shape index (κ2) is 6.42. The number of piperidine rings is 1. The van der Waals surface area contributed by atoms with E-state index in [1.807, 2.05) is 30.9 Å². The number of amides is 1. The lowest BCUT2D eigenvalue weighted by Gasteiger charge is -2.29. The summed E-state index contributed by atoms with van der Waals surface area (Å²) >= 11 is 0. The van der Waals surface area contributed by atoms with Gasteiger partial charge in [0.15, 0.2) is 0 Å². The minimum atomic E-state index is -0.236. The van der Waals surface area contributed by atoms with E-state index in [0.717, 1.165) is 37.2 Å². The Bertz CT molecular complexity index is 527. The molecule has 4 heteroatoms. The van der Waals surface area contributed by atoms with E-state index in [0.29, 0.717) is 5.56 Å². The average Bonchev–Trinajstić information content (AvgIpc) is 2.47. The van der Waals surface area contributed by atoms with Gasteiger partial charge in [-0.1, -0.05) is 0 Å². The molecule has 1 N–H and O–H groups in total. The van der Waals surface area contributed by atoms with Crippen LogP contribution in [-0.2, 0) is 4.79 Å². The zero-order valence-electron chi connectivity index (χ0n) is 12.1. The maximum absolute atomic E-state index is 12.3. The summed E-state index contributed by atoms with van der Waals surface area (Å²) < 4.78 is 0. The molecule has 1 aliphatic rings. The summed E-state index contributed by atoms with van der Waals surface area (Å²) in [6.07, 6.45) is 3.43. The quantitative estimate of drug-likeness (QED) is 0.919. The second-order valence-electron chi connectivity index (χ2n) is 5.39. The number of carbonyl (C=O) groups excluding carboxylic acids is 1. The van der Waals surface area contributed by atoms with Crippen LogP contribution in [0.4, 0.5) is 5.69 Å². The Morgan fingerprint density at radius 3 is 2.65 bits per heavy atom. The standard InChI is InChI=1S/C16H21N3O/c1-12-10-15(7-6-14(12)11-17)18-13(2)16(20)19-8-4-3-5-9-19/h6-7,10,13,18H,3-5,8-9H2,1-2H3. The van der Waals surface area contributed by atoms with E-state index in [4.69, 9.17) is 5.26 Å². The van der Waals surface area contributed by atoms with E-state index in [9.17, 15) is 4.79 Å². The molecule has 1 aromatic carbocycles. The van der Waals surface area contributed by atoms with Gasteiger partial charge in [0, 0.05) is 18.8 Å². The third kappa shape index (κ3) is 3.30. The minimum absolute atomic E-state index is 0.159. The van der Waals surface area contributed by atoms with Crippen molar-refractivity contribution in [3.63, 3.8) is 0 Å². The fourth-order valence-corrected chi connectivity index (χ4v) is 2.58. The van der Waals surface area contributed by atoms with Gasteiger partial charge in [-0.3, -0.25) is 4.79 Å². The molecule has 4 nitrogen and oxygen atoms in total. The largest absolute Gasteiger partial charge is 0.374 e. The number of carbonyl (C=O) groups is 1. The molecule has 1 unspecified atom stereocenters. The van der Waals surface area contributed by atoms with Crippen LogP contribution in [0.5, 0.6) is 0 Å². The molecule has 1 aromatic rings. The lowest BCUT2D eigenvalue weighted by Crippen LogP contribution is -2.43. The van der Waals surface area contributed by atoms with Gasteiger partial charge in [-0.2, -0.15) is 5.26 Å². The molecule has 1 heterocycles. The Labute approximate surface area is 120 Å². The highest BCUT2D eigenvalue weighted by Gasteiger charge is 2.21. The highest BCUT2D eigenvalue weighted by atomic mass is 16.2. The van der Waals surface area contributed by atoms with Crippen LogP contribution in [-0.4, -0.2) is 29.9 Å². The fourth-order valence-electron chi connectivity index (χ4n) is 2.58. The van der Waals surface area contributed by atoms with Crippen LogP contribution in [0.2, 0.25) is 0 Å². The summed E-state index contributed by atoms with van der Waals surface area (Å²) in [5.41, 5.74) is 2.49. The van der Waals surface area contributed by atoms with Gasteiger partial charge in [-0.25, -0.2) is 0 Å². The Morgan fingerprint density at radius 1 is 1.35 bits per heavy atom. The molecule has 1 atom stereocenters. The smallest absolute Gasteiger partial charge is 0.244 e. The van der Waals surface area contributed by atoms with Gasteiger partial charge in [-0.05, 0) is 56.9 Å². The van der Waals surface area contributed by atoms with E-state index in [1.165, 1.54) is 6.42 Å². The molecule has 1 amide bonds. The van der Waals surface area contributed by atoms with E-state index in [2.05, 4.69) is 11.4 Å². The molecular weight excluding hydrogens is 250 g/mol. The summed E-state index contributed by atoms with van der Waals surface area (Å²) in [7, 11) is 0. The van der Waals surface area contributed by atoms with E-state index in [-0.39, 0.29) is 11.9 Å². The van der Waals surface area contributed by atoms with Crippen LogP contribution >= 0.6 is 0 Å². The first-order valence-electron chi connectivity index (χ1n) is 7.18. The summed E-state index contributed by atoms with van der Waals surface area (Å²) in [5, 5.41) is 12.1.